The lowest BCUT2D eigenvalue weighted by Gasteiger charge is -2.18. The summed E-state index contributed by atoms with van der Waals surface area (Å²) in [6, 6.07) is 0. The zero-order valence-corrected chi connectivity index (χ0v) is 9.02. The molecule has 0 aromatic rings. The molecule has 1 aliphatic heterocycles. The molecular weight excluding hydrogens is 223 g/mol. The Morgan fingerprint density at radius 2 is 2.29 bits per heavy atom. The number of halogens is 2. The number of hydrogen-bond donors (Lipinski definition) is 0. The van der Waals surface area contributed by atoms with Gasteiger partial charge in [0.25, 0.3) is 0 Å². The van der Waals surface area contributed by atoms with Gasteiger partial charge in [-0.1, -0.05) is 36.4 Å². The van der Waals surface area contributed by atoms with Gasteiger partial charge in [-0.25, -0.2) is 0 Å². The van der Waals surface area contributed by atoms with Crippen LogP contribution >= 0.6 is 23.2 Å². The first-order valence-corrected chi connectivity index (χ1v) is 4.94. The first kappa shape index (κ1) is 11.3. The van der Waals surface area contributed by atoms with Crippen LogP contribution in [0.5, 0.6) is 0 Å². The molecule has 0 aliphatic carbocycles. The number of carbonyl (C=O) groups excluding carboxylic acids is 1. The highest BCUT2D eigenvalue weighted by molar-refractivity contribution is 6.39. The number of esters is 1. The van der Waals surface area contributed by atoms with E-state index in [1.54, 1.807) is 12.2 Å². The molecule has 0 saturated heterocycles. The topological polar surface area (TPSA) is 26.3 Å². The molecule has 0 aromatic carbocycles. The van der Waals surface area contributed by atoms with Crippen molar-refractivity contribution in [1.29, 1.82) is 0 Å². The molecule has 0 saturated carbocycles. The third-order valence-corrected chi connectivity index (χ3v) is 2.58. The number of carbonyl (C=O) groups is 1. The highest BCUT2D eigenvalue weighted by atomic mass is 35.5. The average molecular weight is 233 g/mol. The summed E-state index contributed by atoms with van der Waals surface area (Å²) in [6.07, 6.45) is 6.31. The molecule has 0 N–H and O–H groups in total. The predicted octanol–water partition coefficient (Wildman–Crippen LogP) is 3.33. The normalized spacial score (nSPS) is 22.7. The molecule has 14 heavy (non-hydrogen) atoms. The Hall–Kier alpha value is -0.730. The van der Waals surface area contributed by atoms with Crippen molar-refractivity contribution in [2.24, 2.45) is 5.92 Å². The van der Waals surface area contributed by atoms with Crippen molar-refractivity contribution in [2.45, 2.75) is 12.8 Å². The molecule has 0 bridgehead atoms. The molecule has 1 heterocycles. The number of hydrogen-bond acceptors (Lipinski definition) is 2. The first-order valence-electron chi connectivity index (χ1n) is 4.18. The van der Waals surface area contributed by atoms with Crippen molar-refractivity contribution in [1.82, 2.24) is 0 Å². The van der Waals surface area contributed by atoms with E-state index in [9.17, 15) is 4.79 Å². The van der Waals surface area contributed by atoms with Gasteiger partial charge in [0.2, 0.25) is 5.22 Å². The lowest BCUT2D eigenvalue weighted by Crippen LogP contribution is -2.21. The van der Waals surface area contributed by atoms with E-state index in [1.165, 1.54) is 0 Å². The molecule has 1 unspecified atom stereocenters. The van der Waals surface area contributed by atoms with Crippen LogP contribution in [0, 0.1) is 5.92 Å². The largest absolute Gasteiger partial charge is 0.413 e. The van der Waals surface area contributed by atoms with Crippen molar-refractivity contribution < 1.29 is 9.53 Å². The molecule has 0 aromatic heterocycles. The van der Waals surface area contributed by atoms with Crippen LogP contribution in [0.4, 0.5) is 0 Å². The smallest absolute Gasteiger partial charge is 0.315 e. The molecule has 1 aliphatic rings. The van der Waals surface area contributed by atoms with E-state index >= 15 is 0 Å². The van der Waals surface area contributed by atoms with Crippen LogP contribution < -0.4 is 0 Å². The number of allylic oxidation sites excluding steroid dienone is 4. The summed E-state index contributed by atoms with van der Waals surface area (Å²) in [5.41, 5.74) is 0. The second kappa shape index (κ2) is 5.23. The van der Waals surface area contributed by atoms with Gasteiger partial charge in [-0.15, -0.1) is 0 Å². The third kappa shape index (κ3) is 2.89. The van der Waals surface area contributed by atoms with Gasteiger partial charge in [-0.3, -0.25) is 4.79 Å². The minimum absolute atomic E-state index is 0.000571. The molecular formula is C10H10Cl2O2. The number of cyclic esters (lactones) is 1. The van der Waals surface area contributed by atoms with Crippen molar-refractivity contribution in [2.75, 3.05) is 0 Å². The molecule has 1 rings (SSSR count). The maximum atomic E-state index is 11.3. The van der Waals surface area contributed by atoms with Crippen LogP contribution in [-0.4, -0.2) is 5.97 Å². The molecule has 0 radical (unpaired) electrons. The Kier molecular flexibility index (Phi) is 4.23. The summed E-state index contributed by atoms with van der Waals surface area (Å²) in [5.74, 6) is -0.561. The maximum absolute atomic E-state index is 11.3. The molecule has 2 nitrogen and oxygen atoms in total. The molecule has 0 fully saturated rings. The molecule has 4 heteroatoms. The van der Waals surface area contributed by atoms with Gasteiger partial charge in [-0.2, -0.15) is 0 Å². The second-order valence-corrected chi connectivity index (χ2v) is 3.70. The van der Waals surface area contributed by atoms with Gasteiger partial charge in [0, 0.05) is 6.42 Å². The van der Waals surface area contributed by atoms with E-state index < -0.39 is 0 Å². The average Bonchev–Trinajstić information content (AvgIpc) is 2.14. The SMILES string of the molecule is C=C/C=C\CC1CC(Cl)=C(Cl)OC1=O. The van der Waals surface area contributed by atoms with Gasteiger partial charge in [-0.05, 0) is 18.0 Å². The van der Waals surface area contributed by atoms with Crippen molar-refractivity contribution >= 4 is 29.2 Å². The Morgan fingerprint density at radius 3 is 2.93 bits per heavy atom. The lowest BCUT2D eigenvalue weighted by atomic mass is 10.00. The fourth-order valence-electron chi connectivity index (χ4n) is 1.13. The zero-order valence-electron chi connectivity index (χ0n) is 7.50. The van der Waals surface area contributed by atoms with Crippen LogP contribution in [0.15, 0.2) is 35.1 Å². The highest BCUT2D eigenvalue weighted by Crippen LogP contribution is 2.31. The van der Waals surface area contributed by atoms with Gasteiger partial charge >= 0.3 is 5.97 Å². The lowest BCUT2D eigenvalue weighted by molar-refractivity contribution is -0.144. The summed E-state index contributed by atoms with van der Waals surface area (Å²) < 4.78 is 4.76. The summed E-state index contributed by atoms with van der Waals surface area (Å²) in [6.45, 7) is 3.53. The highest BCUT2D eigenvalue weighted by Gasteiger charge is 2.27. The van der Waals surface area contributed by atoms with Crippen LogP contribution in [0.1, 0.15) is 12.8 Å². The van der Waals surface area contributed by atoms with Gasteiger partial charge in [0.15, 0.2) is 0 Å². The third-order valence-electron chi connectivity index (χ3n) is 1.86. The molecule has 0 amide bonds. The summed E-state index contributed by atoms with van der Waals surface area (Å²) in [4.78, 5) is 11.3. The van der Waals surface area contributed by atoms with Gasteiger partial charge in [0.05, 0.1) is 11.0 Å². The standard InChI is InChI=1S/C10H10Cl2O2/c1-2-3-4-5-7-6-8(11)9(12)14-10(7)13/h2-4,7H,1,5-6H2/b4-3-. The van der Waals surface area contributed by atoms with E-state index in [-0.39, 0.29) is 17.1 Å². The van der Waals surface area contributed by atoms with E-state index in [0.29, 0.717) is 17.9 Å². The maximum Gasteiger partial charge on any atom is 0.315 e. The summed E-state index contributed by atoms with van der Waals surface area (Å²) in [7, 11) is 0. The van der Waals surface area contributed by atoms with Crippen LogP contribution in [0.3, 0.4) is 0 Å². The molecule has 0 spiro atoms. The number of ether oxygens (including phenoxy) is 1. The monoisotopic (exact) mass is 232 g/mol. The second-order valence-electron chi connectivity index (χ2n) is 2.90. The molecule has 76 valence electrons. The number of rotatable bonds is 3. The predicted molar refractivity (Wildman–Crippen MR) is 56.9 cm³/mol. The Morgan fingerprint density at radius 1 is 1.57 bits per heavy atom. The van der Waals surface area contributed by atoms with E-state index in [2.05, 4.69) is 6.58 Å². The van der Waals surface area contributed by atoms with Gasteiger partial charge < -0.3 is 4.74 Å². The molecule has 1 atom stereocenters. The minimum atomic E-state index is -0.326. The van der Waals surface area contributed by atoms with Crippen molar-refractivity contribution in [3.05, 3.63) is 35.1 Å². The van der Waals surface area contributed by atoms with E-state index in [0.717, 1.165) is 0 Å². The Labute approximate surface area is 92.8 Å². The van der Waals surface area contributed by atoms with Crippen LogP contribution in [0.2, 0.25) is 0 Å². The minimum Gasteiger partial charge on any atom is -0.413 e. The summed E-state index contributed by atoms with van der Waals surface area (Å²) >= 11 is 11.3. The van der Waals surface area contributed by atoms with E-state index in [1.807, 2.05) is 6.08 Å². The quantitative estimate of drug-likeness (QED) is 0.552. The first-order chi connectivity index (χ1) is 6.65. The van der Waals surface area contributed by atoms with E-state index in [4.69, 9.17) is 27.9 Å². The van der Waals surface area contributed by atoms with Crippen LogP contribution in [0.25, 0.3) is 0 Å². The van der Waals surface area contributed by atoms with Crippen molar-refractivity contribution in [3.63, 3.8) is 0 Å². The zero-order chi connectivity index (χ0) is 10.6. The summed E-state index contributed by atoms with van der Waals surface area (Å²) in [5, 5.41) is 0.406. The Balaban J connectivity index is 2.60. The fraction of sp³-hybridized carbons (Fsp3) is 0.300. The van der Waals surface area contributed by atoms with Gasteiger partial charge in [0.1, 0.15) is 0 Å². The van der Waals surface area contributed by atoms with Crippen molar-refractivity contribution in [3.8, 4) is 0 Å². The fourth-order valence-corrected chi connectivity index (χ4v) is 1.50. The van der Waals surface area contributed by atoms with Crippen LogP contribution in [-0.2, 0) is 9.53 Å². The Bertz CT molecular complexity index is 305.